The fourth-order valence-corrected chi connectivity index (χ4v) is 0.366. The average Bonchev–Trinajstić information content (AvgIpc) is 1.79. The van der Waals surface area contributed by atoms with Crippen molar-refractivity contribution in [2.45, 2.75) is 26.4 Å². The molecular weight excluding hydrogens is 164 g/mol. The van der Waals surface area contributed by atoms with E-state index in [-0.39, 0.29) is 0 Å². The highest BCUT2D eigenvalue weighted by Crippen LogP contribution is 2.07. The molecule has 0 saturated carbocycles. The molecule has 0 unspecified atom stereocenters. The molecule has 68 valence electrons. The van der Waals surface area contributed by atoms with E-state index in [4.69, 9.17) is 5.11 Å². The minimum Gasteiger partial charge on any atom is -0.462 e. The quantitative estimate of drug-likeness (QED) is 0.569. The summed E-state index contributed by atoms with van der Waals surface area (Å²) in [4.78, 5) is 20.4. The summed E-state index contributed by atoms with van der Waals surface area (Å²) in [7, 11) is 0. The third-order valence-electron chi connectivity index (χ3n) is 0.611. The maximum atomic E-state index is 10.6. The monoisotopic (exact) mass is 174 g/mol. The van der Waals surface area contributed by atoms with Crippen LogP contribution in [0.1, 0.15) is 20.8 Å². The normalized spacial score (nSPS) is 11.6. The summed E-state index contributed by atoms with van der Waals surface area (Å²) >= 11 is 0. The zero-order chi connectivity index (χ0) is 9.78. The second-order valence-electron chi connectivity index (χ2n) is 2.96. The third kappa shape index (κ3) is 6.66. The second kappa shape index (κ2) is 3.80. The largest absolute Gasteiger partial charge is 0.462 e. The Kier molecular flexibility index (Phi) is 3.33. The standard InChI is InChI=1S/C6H10N2O4/c1-6(2,3)12-5(11)8-7-4(9)10/h1-3H3,(H,9,10). The molecule has 0 radical (unpaired) electrons. The lowest BCUT2D eigenvalue weighted by atomic mass is 10.2. The number of carbonyl (C=O) groups is 2. The zero-order valence-corrected chi connectivity index (χ0v) is 7.07. The van der Waals surface area contributed by atoms with Crippen molar-refractivity contribution in [3.63, 3.8) is 0 Å². The topological polar surface area (TPSA) is 88.3 Å². The highest BCUT2D eigenvalue weighted by molar-refractivity contribution is 5.72. The van der Waals surface area contributed by atoms with Crippen LogP contribution in [0.5, 0.6) is 0 Å². The van der Waals surface area contributed by atoms with Gasteiger partial charge in [0.15, 0.2) is 0 Å². The van der Waals surface area contributed by atoms with Gasteiger partial charge in [-0.15, -0.1) is 0 Å². The maximum absolute atomic E-state index is 10.6. The van der Waals surface area contributed by atoms with Crippen molar-refractivity contribution in [1.29, 1.82) is 0 Å². The van der Waals surface area contributed by atoms with Crippen LogP contribution in [0.3, 0.4) is 0 Å². The number of carbonyl (C=O) groups excluding carboxylic acids is 1. The minimum atomic E-state index is -1.53. The molecule has 0 aliphatic rings. The van der Waals surface area contributed by atoms with Crippen molar-refractivity contribution >= 4 is 12.2 Å². The second-order valence-corrected chi connectivity index (χ2v) is 2.96. The van der Waals surface area contributed by atoms with Crippen molar-refractivity contribution in [1.82, 2.24) is 0 Å². The Morgan fingerprint density at radius 1 is 1.25 bits per heavy atom. The van der Waals surface area contributed by atoms with Crippen molar-refractivity contribution in [2.75, 3.05) is 0 Å². The molecule has 6 nitrogen and oxygen atoms in total. The van der Waals surface area contributed by atoms with E-state index in [0.29, 0.717) is 0 Å². The van der Waals surface area contributed by atoms with E-state index in [0.717, 1.165) is 0 Å². The lowest BCUT2D eigenvalue weighted by molar-refractivity contribution is 0.0588. The van der Waals surface area contributed by atoms with Gasteiger partial charge in [-0.2, -0.15) is 0 Å². The zero-order valence-electron chi connectivity index (χ0n) is 7.07. The Balaban J connectivity index is 3.99. The van der Waals surface area contributed by atoms with Gasteiger partial charge >= 0.3 is 12.2 Å². The van der Waals surface area contributed by atoms with Crippen LogP contribution < -0.4 is 0 Å². The van der Waals surface area contributed by atoms with Gasteiger partial charge < -0.3 is 9.84 Å². The molecule has 0 aromatic heterocycles. The Morgan fingerprint density at radius 3 is 2.08 bits per heavy atom. The molecule has 6 heteroatoms. The van der Waals surface area contributed by atoms with E-state index < -0.39 is 17.8 Å². The molecule has 0 heterocycles. The van der Waals surface area contributed by atoms with Gasteiger partial charge in [-0.05, 0) is 20.8 Å². The summed E-state index contributed by atoms with van der Waals surface area (Å²) in [6.45, 7) is 4.92. The molecule has 0 saturated heterocycles. The van der Waals surface area contributed by atoms with E-state index in [2.05, 4.69) is 15.0 Å². The van der Waals surface area contributed by atoms with Crippen molar-refractivity contribution in [3.05, 3.63) is 0 Å². The molecule has 1 N–H and O–H groups in total. The minimum absolute atomic E-state index is 0.686. The SMILES string of the molecule is CC(C)(C)OC(=O)N=NC(=O)O. The van der Waals surface area contributed by atoms with Gasteiger partial charge in [-0.25, -0.2) is 9.59 Å². The van der Waals surface area contributed by atoms with Crippen LogP contribution in [0.15, 0.2) is 10.2 Å². The van der Waals surface area contributed by atoms with Gasteiger partial charge in [0.1, 0.15) is 5.60 Å². The summed E-state index contributed by atoms with van der Waals surface area (Å²) in [6.07, 6.45) is -2.54. The number of hydrogen-bond acceptors (Lipinski definition) is 3. The molecular formula is C6H10N2O4. The number of hydrogen-bond donors (Lipinski definition) is 1. The van der Waals surface area contributed by atoms with Gasteiger partial charge in [-0.3, -0.25) is 0 Å². The molecule has 0 bridgehead atoms. The van der Waals surface area contributed by atoms with Crippen molar-refractivity contribution < 1.29 is 19.4 Å². The third-order valence-corrected chi connectivity index (χ3v) is 0.611. The van der Waals surface area contributed by atoms with Crippen LogP contribution in [0.2, 0.25) is 0 Å². The van der Waals surface area contributed by atoms with Crippen LogP contribution in [0.4, 0.5) is 9.59 Å². The molecule has 2 amide bonds. The Labute approximate surface area is 69.2 Å². The lowest BCUT2D eigenvalue weighted by Crippen LogP contribution is -2.21. The molecule has 0 aliphatic carbocycles. The average molecular weight is 174 g/mol. The molecule has 0 atom stereocenters. The number of carboxylic acid groups (broad SMARTS) is 1. The van der Waals surface area contributed by atoms with Crippen LogP contribution in [-0.2, 0) is 4.74 Å². The molecule has 0 rings (SSSR count). The van der Waals surface area contributed by atoms with E-state index in [1.807, 2.05) is 0 Å². The fraction of sp³-hybridized carbons (Fsp3) is 0.667. The number of azo groups is 1. The first-order valence-electron chi connectivity index (χ1n) is 3.19. The van der Waals surface area contributed by atoms with Crippen molar-refractivity contribution in [3.8, 4) is 0 Å². The molecule has 0 aliphatic heterocycles. The number of nitrogens with zero attached hydrogens (tertiary/aromatic N) is 2. The van der Waals surface area contributed by atoms with E-state index in [9.17, 15) is 9.59 Å². The predicted octanol–water partition coefficient (Wildman–Crippen LogP) is 2.05. The summed E-state index contributed by atoms with van der Waals surface area (Å²) in [5.41, 5.74) is -0.686. The van der Waals surface area contributed by atoms with Crippen LogP contribution in [-0.4, -0.2) is 22.9 Å². The smallest absolute Gasteiger partial charge is 0.453 e. The molecule has 12 heavy (non-hydrogen) atoms. The van der Waals surface area contributed by atoms with E-state index in [1.54, 1.807) is 20.8 Å². The van der Waals surface area contributed by atoms with E-state index >= 15 is 0 Å². The predicted molar refractivity (Wildman–Crippen MR) is 39.1 cm³/mol. The van der Waals surface area contributed by atoms with Gasteiger partial charge in [0.2, 0.25) is 0 Å². The summed E-state index contributed by atoms with van der Waals surface area (Å²) < 4.78 is 4.63. The van der Waals surface area contributed by atoms with Crippen LogP contribution in [0.25, 0.3) is 0 Å². The maximum Gasteiger partial charge on any atom is 0.453 e. The summed E-state index contributed by atoms with van der Waals surface area (Å²) in [5.74, 6) is 0. The highest BCUT2D eigenvalue weighted by atomic mass is 16.6. The van der Waals surface area contributed by atoms with Gasteiger partial charge in [0.25, 0.3) is 0 Å². The number of rotatable bonds is 0. The summed E-state index contributed by atoms with van der Waals surface area (Å²) in [5, 5.41) is 13.3. The Bertz CT molecular complexity index is 216. The highest BCUT2D eigenvalue weighted by Gasteiger charge is 2.15. The van der Waals surface area contributed by atoms with Crippen LogP contribution >= 0.6 is 0 Å². The number of amides is 2. The fourth-order valence-electron chi connectivity index (χ4n) is 0.366. The van der Waals surface area contributed by atoms with Crippen molar-refractivity contribution in [2.24, 2.45) is 10.2 Å². The van der Waals surface area contributed by atoms with Gasteiger partial charge in [-0.1, -0.05) is 10.2 Å². The first-order chi connectivity index (χ1) is 5.31. The van der Waals surface area contributed by atoms with E-state index in [1.165, 1.54) is 0 Å². The molecule has 0 spiro atoms. The first kappa shape index (κ1) is 10.5. The Morgan fingerprint density at radius 2 is 1.75 bits per heavy atom. The van der Waals surface area contributed by atoms with Gasteiger partial charge in [0, 0.05) is 0 Å². The molecule has 0 aromatic carbocycles. The van der Waals surface area contributed by atoms with Gasteiger partial charge in [0.05, 0.1) is 0 Å². The summed E-state index contributed by atoms with van der Waals surface area (Å²) in [6, 6.07) is 0. The van der Waals surface area contributed by atoms with Crippen LogP contribution in [0, 0.1) is 0 Å². The lowest BCUT2D eigenvalue weighted by Gasteiger charge is -2.16. The molecule has 0 fully saturated rings. The molecule has 0 aromatic rings. The number of ether oxygens (including phenoxy) is 1. The first-order valence-corrected chi connectivity index (χ1v) is 3.19. The Hall–Kier alpha value is -1.46.